The highest BCUT2D eigenvalue weighted by molar-refractivity contribution is 7.92. The molecule has 0 saturated carbocycles. The lowest BCUT2D eigenvalue weighted by Gasteiger charge is -2.04. The number of carbonyl (C=O) groups is 1. The van der Waals surface area contributed by atoms with Crippen LogP contribution in [-0.2, 0) is 14.6 Å². The molecule has 2 aromatic carbocycles. The van der Waals surface area contributed by atoms with Crippen molar-refractivity contribution in [2.75, 3.05) is 5.75 Å². The van der Waals surface area contributed by atoms with Crippen molar-refractivity contribution in [1.82, 2.24) is 0 Å². The Kier molecular flexibility index (Phi) is 2.98. The van der Waals surface area contributed by atoms with Gasteiger partial charge in [-0.3, -0.25) is 4.79 Å². The minimum absolute atomic E-state index is 0.200. The average Bonchev–Trinajstić information content (AvgIpc) is 2.26. The molecule has 0 aromatic heterocycles. The Bertz CT molecular complexity index is 672. The van der Waals surface area contributed by atoms with Gasteiger partial charge in [0.15, 0.2) is 9.84 Å². The largest absolute Gasteiger partial charge is 0.299 e. The van der Waals surface area contributed by atoms with Gasteiger partial charge in [-0.2, -0.15) is 0 Å². The average molecular weight is 248 g/mol. The molecule has 0 saturated heterocycles. The molecule has 4 heteroatoms. The smallest absolute Gasteiger partial charge is 0.185 e. The molecule has 0 aliphatic heterocycles. The number of Topliss-reactive ketones (excluding diaryl/α,β-unsaturated/α-hetero) is 1. The third kappa shape index (κ3) is 2.53. The highest BCUT2D eigenvalue weighted by atomic mass is 32.2. The molecule has 88 valence electrons. The van der Waals surface area contributed by atoms with Crippen LogP contribution in [0.1, 0.15) is 6.92 Å². The second-order valence-corrected chi connectivity index (χ2v) is 5.96. The van der Waals surface area contributed by atoms with E-state index in [1.807, 2.05) is 24.3 Å². The van der Waals surface area contributed by atoms with Gasteiger partial charge in [0, 0.05) is 0 Å². The predicted octanol–water partition coefficient (Wildman–Crippen LogP) is 2.20. The van der Waals surface area contributed by atoms with Gasteiger partial charge >= 0.3 is 0 Å². The first-order valence-corrected chi connectivity index (χ1v) is 6.85. The maximum absolute atomic E-state index is 11.9. The van der Waals surface area contributed by atoms with Crippen molar-refractivity contribution in [2.24, 2.45) is 0 Å². The van der Waals surface area contributed by atoms with E-state index in [0.717, 1.165) is 10.8 Å². The van der Waals surface area contributed by atoms with Crippen LogP contribution in [0.5, 0.6) is 0 Å². The zero-order valence-corrected chi connectivity index (χ0v) is 10.2. The van der Waals surface area contributed by atoms with Crippen molar-refractivity contribution in [1.29, 1.82) is 0 Å². The molecule has 0 aliphatic rings. The molecule has 0 aliphatic carbocycles. The molecular weight excluding hydrogens is 236 g/mol. The number of ketones is 1. The predicted molar refractivity (Wildman–Crippen MR) is 66.7 cm³/mol. The van der Waals surface area contributed by atoms with E-state index in [1.165, 1.54) is 6.92 Å². The van der Waals surface area contributed by atoms with Crippen LogP contribution in [0.25, 0.3) is 10.8 Å². The Hall–Kier alpha value is -1.68. The summed E-state index contributed by atoms with van der Waals surface area (Å²) >= 11 is 0. The number of sulfone groups is 1. The lowest BCUT2D eigenvalue weighted by atomic mass is 10.1. The quantitative estimate of drug-likeness (QED) is 0.836. The number of hydrogen-bond acceptors (Lipinski definition) is 3. The van der Waals surface area contributed by atoms with Crippen LogP contribution in [-0.4, -0.2) is 20.0 Å². The lowest BCUT2D eigenvalue weighted by Crippen LogP contribution is -2.13. The number of fused-ring (bicyclic) bond motifs is 1. The van der Waals surface area contributed by atoms with Crippen LogP contribution in [0.4, 0.5) is 0 Å². The van der Waals surface area contributed by atoms with Crippen LogP contribution >= 0.6 is 0 Å². The molecule has 0 bridgehead atoms. The number of rotatable bonds is 3. The van der Waals surface area contributed by atoms with E-state index in [-0.39, 0.29) is 10.7 Å². The Morgan fingerprint density at radius 3 is 2.35 bits per heavy atom. The Labute approximate surface area is 100.0 Å². The van der Waals surface area contributed by atoms with Gasteiger partial charge in [0.1, 0.15) is 11.5 Å². The highest BCUT2D eigenvalue weighted by Crippen LogP contribution is 2.19. The topological polar surface area (TPSA) is 51.2 Å². The second kappa shape index (κ2) is 4.30. The Balaban J connectivity index is 2.53. The first-order chi connectivity index (χ1) is 7.99. The van der Waals surface area contributed by atoms with Crippen molar-refractivity contribution < 1.29 is 13.2 Å². The summed E-state index contributed by atoms with van der Waals surface area (Å²) in [5, 5.41) is 1.84. The normalized spacial score (nSPS) is 11.6. The van der Waals surface area contributed by atoms with E-state index in [0.29, 0.717) is 0 Å². The summed E-state index contributed by atoms with van der Waals surface area (Å²) in [6.07, 6.45) is 0. The molecule has 0 unspecified atom stereocenters. The summed E-state index contributed by atoms with van der Waals surface area (Å²) in [7, 11) is -3.50. The Morgan fingerprint density at radius 2 is 1.71 bits per heavy atom. The number of carbonyl (C=O) groups excluding carboxylic acids is 1. The van der Waals surface area contributed by atoms with E-state index in [4.69, 9.17) is 0 Å². The molecule has 0 heterocycles. The van der Waals surface area contributed by atoms with Gasteiger partial charge < -0.3 is 0 Å². The fourth-order valence-corrected chi connectivity index (χ4v) is 3.00. The van der Waals surface area contributed by atoms with Gasteiger partial charge in [-0.25, -0.2) is 8.42 Å². The molecule has 2 aromatic rings. The minimum Gasteiger partial charge on any atom is -0.299 e. The maximum atomic E-state index is 11.9. The van der Waals surface area contributed by atoms with Crippen LogP contribution < -0.4 is 0 Å². The van der Waals surface area contributed by atoms with Crippen molar-refractivity contribution >= 4 is 26.4 Å². The molecule has 3 nitrogen and oxygen atoms in total. The van der Waals surface area contributed by atoms with Crippen LogP contribution in [0.2, 0.25) is 0 Å². The fraction of sp³-hybridized carbons (Fsp3) is 0.154. The van der Waals surface area contributed by atoms with Gasteiger partial charge in [-0.15, -0.1) is 0 Å². The maximum Gasteiger partial charge on any atom is 0.185 e. The zero-order chi connectivity index (χ0) is 12.5. The number of benzene rings is 2. The van der Waals surface area contributed by atoms with Gasteiger partial charge in [0.25, 0.3) is 0 Å². The molecule has 17 heavy (non-hydrogen) atoms. The third-order valence-corrected chi connectivity index (χ3v) is 4.23. The number of hydrogen-bond donors (Lipinski definition) is 0. The van der Waals surface area contributed by atoms with Crippen LogP contribution in [0.3, 0.4) is 0 Å². The third-order valence-electron chi connectivity index (χ3n) is 2.47. The summed E-state index contributed by atoms with van der Waals surface area (Å²) in [6, 6.07) is 12.4. The summed E-state index contributed by atoms with van der Waals surface area (Å²) in [4.78, 5) is 11.1. The summed E-state index contributed by atoms with van der Waals surface area (Å²) in [6.45, 7) is 1.28. The standard InChI is InChI=1S/C13H12O3S/c1-10(14)9-17(15,16)13-7-6-11-4-2-3-5-12(11)8-13/h2-8H,9H2,1H3. The summed E-state index contributed by atoms with van der Waals surface area (Å²) in [5.41, 5.74) is 0. The molecule has 0 spiro atoms. The van der Waals surface area contributed by atoms with Crippen molar-refractivity contribution in [3.63, 3.8) is 0 Å². The molecule has 0 fully saturated rings. The van der Waals surface area contributed by atoms with E-state index in [2.05, 4.69) is 0 Å². The molecular formula is C13H12O3S. The fourth-order valence-electron chi connectivity index (χ4n) is 1.71. The summed E-state index contributed by atoms with van der Waals surface area (Å²) in [5.74, 6) is -0.788. The zero-order valence-electron chi connectivity index (χ0n) is 9.38. The van der Waals surface area contributed by atoms with E-state index in [9.17, 15) is 13.2 Å². The molecule has 0 atom stereocenters. The monoisotopic (exact) mass is 248 g/mol. The SMILES string of the molecule is CC(=O)CS(=O)(=O)c1ccc2ccccc2c1. The first kappa shape index (κ1) is 11.8. The second-order valence-electron chi connectivity index (χ2n) is 3.97. The first-order valence-electron chi connectivity index (χ1n) is 5.20. The lowest BCUT2D eigenvalue weighted by molar-refractivity contribution is -0.114. The van der Waals surface area contributed by atoms with Gasteiger partial charge in [-0.05, 0) is 29.8 Å². The van der Waals surface area contributed by atoms with E-state index >= 15 is 0 Å². The van der Waals surface area contributed by atoms with E-state index in [1.54, 1.807) is 18.2 Å². The molecule has 0 N–H and O–H groups in total. The Morgan fingerprint density at radius 1 is 1.06 bits per heavy atom. The van der Waals surface area contributed by atoms with Gasteiger partial charge in [0.2, 0.25) is 0 Å². The van der Waals surface area contributed by atoms with Gasteiger partial charge in [-0.1, -0.05) is 30.3 Å². The van der Waals surface area contributed by atoms with Crippen molar-refractivity contribution in [2.45, 2.75) is 11.8 Å². The summed E-state index contributed by atoms with van der Waals surface area (Å²) < 4.78 is 23.7. The van der Waals surface area contributed by atoms with Crippen molar-refractivity contribution in [3.05, 3.63) is 42.5 Å². The van der Waals surface area contributed by atoms with Crippen molar-refractivity contribution in [3.8, 4) is 0 Å². The molecule has 0 radical (unpaired) electrons. The van der Waals surface area contributed by atoms with Crippen LogP contribution in [0, 0.1) is 0 Å². The van der Waals surface area contributed by atoms with Gasteiger partial charge in [0.05, 0.1) is 4.90 Å². The molecule has 0 amide bonds. The molecule has 2 rings (SSSR count). The van der Waals surface area contributed by atoms with Crippen LogP contribution in [0.15, 0.2) is 47.4 Å². The highest BCUT2D eigenvalue weighted by Gasteiger charge is 2.16. The minimum atomic E-state index is -3.50. The van der Waals surface area contributed by atoms with E-state index < -0.39 is 15.6 Å².